The molecule has 0 N–H and O–H groups in total. The van der Waals surface area contributed by atoms with Crippen LogP contribution in [0.15, 0.2) is 39.5 Å². The molecule has 1 aromatic carbocycles. The van der Waals surface area contributed by atoms with Crippen molar-refractivity contribution in [2.75, 3.05) is 21.3 Å². The number of nitrogens with zero attached hydrogens (tertiary/aromatic N) is 1. The van der Waals surface area contributed by atoms with Crippen LogP contribution < -0.4 is 4.74 Å². The van der Waals surface area contributed by atoms with E-state index in [1.807, 2.05) is 12.1 Å². The molecular weight excluding hydrogens is 350 g/mol. The Balaban J connectivity index is 2.61. The normalized spacial score (nSPS) is 16.5. The smallest absolute Gasteiger partial charge is 0.340 e. The molecule has 1 heterocycles. The van der Waals surface area contributed by atoms with Crippen LogP contribution in [0.1, 0.15) is 12.5 Å². The maximum Gasteiger partial charge on any atom is 0.340 e. The van der Waals surface area contributed by atoms with Gasteiger partial charge in [-0.2, -0.15) is 0 Å². The van der Waals surface area contributed by atoms with Gasteiger partial charge in [-0.3, -0.25) is 4.79 Å². The number of hydrogen-bond donors (Lipinski definition) is 0. The van der Waals surface area contributed by atoms with Gasteiger partial charge in [-0.15, -0.1) is 0 Å². The van der Waals surface area contributed by atoms with Crippen LogP contribution in [0.3, 0.4) is 0 Å². The van der Waals surface area contributed by atoms with Gasteiger partial charge in [0.2, 0.25) is 0 Å². The zero-order valence-electron chi connectivity index (χ0n) is 12.8. The third-order valence-electron chi connectivity index (χ3n) is 3.55. The lowest BCUT2D eigenvalue weighted by molar-refractivity contribution is -0.136. The number of allylic oxidation sites excluding steroid dienone is 1. The predicted molar refractivity (Wildman–Crippen MR) is 86.2 cm³/mol. The minimum Gasteiger partial charge on any atom is -0.496 e. The number of amides is 1. The van der Waals surface area contributed by atoms with Crippen molar-refractivity contribution in [2.45, 2.75) is 6.92 Å². The second-order valence-corrected chi connectivity index (χ2v) is 5.68. The van der Waals surface area contributed by atoms with Crippen LogP contribution in [-0.2, 0) is 14.3 Å². The number of methoxy groups -OCH3 is 2. The molecule has 0 saturated heterocycles. The zero-order valence-corrected chi connectivity index (χ0v) is 14.4. The first kappa shape index (κ1) is 16.3. The fourth-order valence-electron chi connectivity index (χ4n) is 2.27. The molecule has 2 rings (SSSR count). The summed E-state index contributed by atoms with van der Waals surface area (Å²) in [5, 5.41) is 0. The van der Waals surface area contributed by atoms with Gasteiger partial charge in [-0.05, 0) is 31.2 Å². The SMILES string of the molecule is COC(=O)C1=C(C)N(C)C(=O)C1=Cc1cc(Br)ccc1OC. The van der Waals surface area contributed by atoms with Gasteiger partial charge < -0.3 is 14.4 Å². The van der Waals surface area contributed by atoms with Crippen LogP contribution in [-0.4, -0.2) is 38.0 Å². The third-order valence-corrected chi connectivity index (χ3v) is 4.04. The molecule has 0 spiro atoms. The molecule has 0 atom stereocenters. The van der Waals surface area contributed by atoms with Crippen LogP contribution in [0.25, 0.3) is 6.08 Å². The zero-order chi connectivity index (χ0) is 16.4. The molecule has 116 valence electrons. The average Bonchev–Trinajstić information content (AvgIpc) is 2.71. The van der Waals surface area contributed by atoms with E-state index in [2.05, 4.69) is 15.9 Å². The molecular formula is C16H16BrNO4. The Labute approximate surface area is 137 Å². The Morgan fingerprint density at radius 1 is 1.32 bits per heavy atom. The lowest BCUT2D eigenvalue weighted by Crippen LogP contribution is -2.19. The molecule has 0 radical (unpaired) electrons. The van der Waals surface area contributed by atoms with Gasteiger partial charge >= 0.3 is 5.97 Å². The van der Waals surface area contributed by atoms with E-state index in [-0.39, 0.29) is 11.5 Å². The van der Waals surface area contributed by atoms with E-state index in [1.165, 1.54) is 12.0 Å². The van der Waals surface area contributed by atoms with E-state index in [4.69, 9.17) is 9.47 Å². The van der Waals surface area contributed by atoms with Crippen molar-refractivity contribution in [1.82, 2.24) is 4.90 Å². The second kappa shape index (κ2) is 6.36. The lowest BCUT2D eigenvalue weighted by atomic mass is 10.0. The fourth-order valence-corrected chi connectivity index (χ4v) is 2.65. The Hall–Kier alpha value is -2.08. The average molecular weight is 366 g/mol. The molecule has 0 aliphatic carbocycles. The Morgan fingerprint density at radius 2 is 2.00 bits per heavy atom. The summed E-state index contributed by atoms with van der Waals surface area (Å²) in [6.45, 7) is 1.71. The van der Waals surface area contributed by atoms with Gasteiger partial charge in [0.1, 0.15) is 5.75 Å². The van der Waals surface area contributed by atoms with Crippen molar-refractivity contribution in [3.05, 3.63) is 45.1 Å². The van der Waals surface area contributed by atoms with Crippen LogP contribution in [0.2, 0.25) is 0 Å². The van der Waals surface area contributed by atoms with Crippen molar-refractivity contribution < 1.29 is 19.1 Å². The quantitative estimate of drug-likeness (QED) is 0.610. The van der Waals surface area contributed by atoms with Gasteiger partial charge in [-0.25, -0.2) is 4.79 Å². The summed E-state index contributed by atoms with van der Waals surface area (Å²) in [5.41, 5.74) is 1.84. The van der Waals surface area contributed by atoms with Crippen molar-refractivity contribution in [2.24, 2.45) is 0 Å². The molecule has 1 aliphatic heterocycles. The van der Waals surface area contributed by atoms with Crippen molar-refractivity contribution in [3.8, 4) is 5.75 Å². The highest BCUT2D eigenvalue weighted by molar-refractivity contribution is 9.10. The minimum absolute atomic E-state index is 0.250. The van der Waals surface area contributed by atoms with Crippen LogP contribution in [0.4, 0.5) is 0 Å². The topological polar surface area (TPSA) is 55.8 Å². The molecule has 1 amide bonds. The van der Waals surface area contributed by atoms with E-state index >= 15 is 0 Å². The molecule has 0 bridgehead atoms. The summed E-state index contributed by atoms with van der Waals surface area (Å²) >= 11 is 3.39. The van der Waals surface area contributed by atoms with E-state index in [0.29, 0.717) is 22.6 Å². The van der Waals surface area contributed by atoms with Gasteiger partial charge in [0.25, 0.3) is 5.91 Å². The molecule has 6 heteroatoms. The van der Waals surface area contributed by atoms with Gasteiger partial charge in [0, 0.05) is 22.8 Å². The largest absolute Gasteiger partial charge is 0.496 e. The van der Waals surface area contributed by atoms with Crippen molar-refractivity contribution >= 4 is 33.9 Å². The van der Waals surface area contributed by atoms with Crippen molar-refractivity contribution in [1.29, 1.82) is 0 Å². The highest BCUT2D eigenvalue weighted by Gasteiger charge is 2.35. The Bertz CT molecular complexity index is 706. The number of likely N-dealkylation sites (N-methyl/N-ethyl adjacent to an activating group) is 1. The molecule has 0 aromatic heterocycles. The summed E-state index contributed by atoms with van der Waals surface area (Å²) < 4.78 is 10.9. The first-order valence-corrected chi connectivity index (χ1v) is 7.32. The number of rotatable bonds is 3. The monoisotopic (exact) mass is 365 g/mol. The van der Waals surface area contributed by atoms with E-state index in [9.17, 15) is 9.59 Å². The van der Waals surface area contributed by atoms with Crippen molar-refractivity contribution in [3.63, 3.8) is 0 Å². The lowest BCUT2D eigenvalue weighted by Gasteiger charge is -2.09. The molecule has 0 fully saturated rings. The number of ether oxygens (including phenoxy) is 2. The Kier molecular flexibility index (Phi) is 4.71. The molecule has 0 unspecified atom stereocenters. The fraction of sp³-hybridized carbons (Fsp3) is 0.250. The number of benzene rings is 1. The molecule has 1 aromatic rings. The number of carbonyl (C=O) groups excluding carboxylic acids is 2. The van der Waals surface area contributed by atoms with E-state index in [0.717, 1.165) is 4.47 Å². The highest BCUT2D eigenvalue weighted by Crippen LogP contribution is 2.33. The molecule has 1 aliphatic rings. The third kappa shape index (κ3) is 2.78. The standard InChI is InChI=1S/C16H16BrNO4/c1-9-14(16(20)22-4)12(15(19)18(9)2)8-10-7-11(17)5-6-13(10)21-3/h5-8H,1-4H3. The highest BCUT2D eigenvalue weighted by atomic mass is 79.9. The molecule has 0 saturated carbocycles. The maximum atomic E-state index is 12.4. The van der Waals surface area contributed by atoms with E-state index < -0.39 is 5.97 Å². The Morgan fingerprint density at radius 3 is 2.59 bits per heavy atom. The van der Waals surface area contributed by atoms with Crippen LogP contribution in [0.5, 0.6) is 5.75 Å². The summed E-state index contributed by atoms with van der Waals surface area (Å²) in [6, 6.07) is 5.45. The summed E-state index contributed by atoms with van der Waals surface area (Å²) in [5.74, 6) is -0.171. The molecule has 5 nitrogen and oxygen atoms in total. The van der Waals surface area contributed by atoms with Gasteiger partial charge in [0.15, 0.2) is 0 Å². The van der Waals surface area contributed by atoms with Gasteiger partial charge in [0.05, 0.1) is 25.4 Å². The number of carbonyl (C=O) groups is 2. The van der Waals surface area contributed by atoms with E-state index in [1.54, 1.807) is 33.2 Å². The minimum atomic E-state index is -0.532. The number of hydrogen-bond acceptors (Lipinski definition) is 4. The first-order valence-electron chi connectivity index (χ1n) is 6.53. The van der Waals surface area contributed by atoms with Crippen LogP contribution in [0, 0.1) is 0 Å². The van der Waals surface area contributed by atoms with Crippen LogP contribution >= 0.6 is 15.9 Å². The maximum absolute atomic E-state index is 12.4. The van der Waals surface area contributed by atoms with Gasteiger partial charge in [-0.1, -0.05) is 15.9 Å². The number of esters is 1. The predicted octanol–water partition coefficient (Wildman–Crippen LogP) is 2.76. The number of halogens is 1. The summed E-state index contributed by atoms with van der Waals surface area (Å²) in [6.07, 6.45) is 1.64. The summed E-state index contributed by atoms with van der Waals surface area (Å²) in [4.78, 5) is 25.8. The second-order valence-electron chi connectivity index (χ2n) is 4.76. The first-order chi connectivity index (χ1) is 10.4. The summed E-state index contributed by atoms with van der Waals surface area (Å²) in [7, 11) is 4.47. The molecule has 22 heavy (non-hydrogen) atoms.